The molecule has 1 amide bonds. The van der Waals surface area contributed by atoms with E-state index in [1.807, 2.05) is 53.4 Å². The molecule has 3 aromatic rings. The molecule has 1 N–H and O–H groups in total. The van der Waals surface area contributed by atoms with E-state index in [1.165, 1.54) is 6.07 Å². The average molecular weight is 405 g/mol. The van der Waals surface area contributed by atoms with E-state index in [1.54, 1.807) is 18.3 Å². The zero-order valence-corrected chi connectivity index (χ0v) is 16.6. The molecular weight excluding hydrogens is 381 g/mol. The molecule has 1 fully saturated rings. The van der Waals surface area contributed by atoms with E-state index in [2.05, 4.69) is 10.3 Å². The first-order valence-electron chi connectivity index (χ1n) is 10.1. The van der Waals surface area contributed by atoms with E-state index in [-0.39, 0.29) is 17.6 Å². The highest BCUT2D eigenvalue weighted by molar-refractivity contribution is 5.80. The van der Waals surface area contributed by atoms with Crippen molar-refractivity contribution >= 4 is 11.6 Å². The van der Waals surface area contributed by atoms with Crippen molar-refractivity contribution in [1.82, 2.24) is 10.3 Å². The highest BCUT2D eigenvalue weighted by Crippen LogP contribution is 2.26. The molecule has 0 spiro atoms. The Bertz CT molecular complexity index is 997. The van der Waals surface area contributed by atoms with Crippen molar-refractivity contribution in [2.75, 3.05) is 18.0 Å². The number of anilines is 1. The third kappa shape index (κ3) is 4.95. The smallest absolute Gasteiger partial charge is 0.225 e. The van der Waals surface area contributed by atoms with Crippen LogP contribution in [0, 0.1) is 11.7 Å². The molecule has 0 bridgehead atoms. The molecule has 1 aliphatic rings. The van der Waals surface area contributed by atoms with Gasteiger partial charge in [-0.25, -0.2) is 9.37 Å². The van der Waals surface area contributed by atoms with Gasteiger partial charge in [-0.2, -0.15) is 0 Å². The number of pyridine rings is 1. The number of benzene rings is 2. The molecule has 1 atom stereocenters. The molecule has 0 saturated carbocycles. The Labute approximate surface area is 175 Å². The normalized spacial score (nSPS) is 15.8. The van der Waals surface area contributed by atoms with E-state index in [9.17, 15) is 9.18 Å². The molecule has 0 aliphatic carbocycles. The van der Waals surface area contributed by atoms with Gasteiger partial charge in [0.1, 0.15) is 12.4 Å². The van der Waals surface area contributed by atoms with Crippen molar-refractivity contribution < 1.29 is 13.9 Å². The molecular formula is C24H24FN3O2. The molecule has 1 aromatic heterocycles. The van der Waals surface area contributed by atoms with Gasteiger partial charge in [-0.1, -0.05) is 42.5 Å². The number of aromatic nitrogens is 1. The summed E-state index contributed by atoms with van der Waals surface area (Å²) in [6, 6.07) is 20.3. The Balaban J connectivity index is 1.28. The van der Waals surface area contributed by atoms with Gasteiger partial charge in [-0.3, -0.25) is 4.79 Å². The number of nitrogens with one attached hydrogen (secondary N) is 1. The minimum absolute atomic E-state index is 0.0163. The van der Waals surface area contributed by atoms with Crippen LogP contribution in [0.3, 0.4) is 0 Å². The molecule has 30 heavy (non-hydrogen) atoms. The molecule has 1 unspecified atom stereocenters. The second-order valence-electron chi connectivity index (χ2n) is 7.38. The third-order valence-corrected chi connectivity index (χ3v) is 5.25. The van der Waals surface area contributed by atoms with Gasteiger partial charge in [0.05, 0.1) is 11.6 Å². The molecule has 6 heteroatoms. The lowest BCUT2D eigenvalue weighted by Crippen LogP contribution is -2.32. The van der Waals surface area contributed by atoms with Crippen LogP contribution in [0.2, 0.25) is 0 Å². The second-order valence-corrected chi connectivity index (χ2v) is 7.38. The highest BCUT2D eigenvalue weighted by Gasteiger charge is 2.29. The van der Waals surface area contributed by atoms with Crippen molar-refractivity contribution in [3.8, 4) is 5.88 Å². The van der Waals surface area contributed by atoms with Crippen molar-refractivity contribution in [2.45, 2.75) is 19.6 Å². The number of nitrogens with zero attached hydrogens (tertiary/aromatic N) is 2. The fraction of sp³-hybridized carbons (Fsp3) is 0.250. The molecule has 5 nitrogen and oxygen atoms in total. The molecule has 1 saturated heterocycles. The van der Waals surface area contributed by atoms with Gasteiger partial charge >= 0.3 is 0 Å². The van der Waals surface area contributed by atoms with E-state index >= 15 is 0 Å². The number of rotatable bonds is 7. The second kappa shape index (κ2) is 9.39. The maximum Gasteiger partial charge on any atom is 0.225 e. The Hall–Kier alpha value is -3.41. The molecule has 2 heterocycles. The average Bonchev–Trinajstić information content (AvgIpc) is 3.27. The molecule has 154 valence electrons. The zero-order valence-electron chi connectivity index (χ0n) is 16.6. The van der Waals surface area contributed by atoms with Gasteiger partial charge in [-0.05, 0) is 35.7 Å². The number of carbonyl (C=O) groups excluding carboxylic acids is 1. The summed E-state index contributed by atoms with van der Waals surface area (Å²) < 4.78 is 19.7. The van der Waals surface area contributed by atoms with Crippen LogP contribution in [0.25, 0.3) is 0 Å². The minimum atomic E-state index is -0.252. The first kappa shape index (κ1) is 19.9. The van der Waals surface area contributed by atoms with Crippen molar-refractivity contribution in [3.05, 3.63) is 89.9 Å². The van der Waals surface area contributed by atoms with E-state index in [0.29, 0.717) is 44.2 Å². The Kier molecular flexibility index (Phi) is 6.23. The lowest BCUT2D eigenvalue weighted by molar-refractivity contribution is -0.124. The number of ether oxygens (including phenoxy) is 1. The number of hydrogen-bond acceptors (Lipinski definition) is 4. The molecule has 1 aliphatic heterocycles. The van der Waals surface area contributed by atoms with Crippen LogP contribution >= 0.6 is 0 Å². The topological polar surface area (TPSA) is 54.5 Å². The van der Waals surface area contributed by atoms with Crippen LogP contribution in [0.4, 0.5) is 10.1 Å². The monoisotopic (exact) mass is 405 g/mol. The summed E-state index contributed by atoms with van der Waals surface area (Å²) >= 11 is 0. The summed E-state index contributed by atoms with van der Waals surface area (Å²) in [4.78, 5) is 18.8. The van der Waals surface area contributed by atoms with Crippen LogP contribution in [0.1, 0.15) is 17.5 Å². The SMILES string of the molecule is O=C(NCc1ccnc(OCc2ccccc2)c1)C1CCN(c2ccccc2F)C1. The number of halogens is 1. The zero-order chi connectivity index (χ0) is 20.8. The number of para-hydroxylation sites is 1. The Morgan fingerprint density at radius 3 is 2.73 bits per heavy atom. The van der Waals surface area contributed by atoms with Gasteiger partial charge in [-0.15, -0.1) is 0 Å². The highest BCUT2D eigenvalue weighted by atomic mass is 19.1. The maximum atomic E-state index is 14.0. The van der Waals surface area contributed by atoms with Crippen molar-refractivity contribution in [3.63, 3.8) is 0 Å². The van der Waals surface area contributed by atoms with Crippen molar-refractivity contribution in [2.24, 2.45) is 5.92 Å². The summed E-state index contributed by atoms with van der Waals surface area (Å²) in [6.45, 7) is 2.04. The fourth-order valence-corrected chi connectivity index (χ4v) is 3.61. The van der Waals surface area contributed by atoms with E-state index in [4.69, 9.17) is 4.74 Å². The summed E-state index contributed by atoms with van der Waals surface area (Å²) in [5.41, 5.74) is 2.55. The van der Waals surface area contributed by atoms with E-state index in [0.717, 1.165) is 11.1 Å². The summed E-state index contributed by atoms with van der Waals surface area (Å²) in [5, 5.41) is 2.99. The van der Waals surface area contributed by atoms with Crippen molar-refractivity contribution in [1.29, 1.82) is 0 Å². The van der Waals surface area contributed by atoms with Gasteiger partial charge in [0, 0.05) is 31.9 Å². The van der Waals surface area contributed by atoms with Gasteiger partial charge in [0.15, 0.2) is 0 Å². The minimum Gasteiger partial charge on any atom is -0.473 e. The van der Waals surface area contributed by atoms with Gasteiger partial charge in [0.2, 0.25) is 11.8 Å². The van der Waals surface area contributed by atoms with Crippen LogP contribution in [-0.4, -0.2) is 24.0 Å². The van der Waals surface area contributed by atoms with Crippen LogP contribution in [0.15, 0.2) is 72.9 Å². The standard InChI is InChI=1S/C24H24FN3O2/c25-21-8-4-5-9-22(21)28-13-11-20(16-28)24(29)27-15-19-10-12-26-23(14-19)30-17-18-6-2-1-3-7-18/h1-10,12,14,20H,11,13,15-17H2,(H,27,29). The maximum absolute atomic E-state index is 14.0. The number of amides is 1. The predicted octanol–water partition coefficient (Wildman–Crippen LogP) is 3.94. The largest absolute Gasteiger partial charge is 0.473 e. The fourth-order valence-electron chi connectivity index (χ4n) is 3.61. The van der Waals surface area contributed by atoms with Crippen LogP contribution in [0.5, 0.6) is 5.88 Å². The van der Waals surface area contributed by atoms with Gasteiger partial charge < -0.3 is 15.0 Å². The number of carbonyl (C=O) groups is 1. The van der Waals surface area contributed by atoms with Crippen LogP contribution in [-0.2, 0) is 17.9 Å². The lowest BCUT2D eigenvalue weighted by Gasteiger charge is -2.19. The summed E-state index contributed by atoms with van der Waals surface area (Å²) in [7, 11) is 0. The Morgan fingerprint density at radius 1 is 1.10 bits per heavy atom. The van der Waals surface area contributed by atoms with Gasteiger partial charge in [0.25, 0.3) is 0 Å². The Morgan fingerprint density at radius 2 is 1.90 bits per heavy atom. The third-order valence-electron chi connectivity index (χ3n) is 5.25. The van der Waals surface area contributed by atoms with Crippen LogP contribution < -0.4 is 15.0 Å². The van der Waals surface area contributed by atoms with E-state index < -0.39 is 0 Å². The quantitative estimate of drug-likeness (QED) is 0.647. The lowest BCUT2D eigenvalue weighted by atomic mass is 10.1. The summed E-state index contributed by atoms with van der Waals surface area (Å²) in [5.74, 6) is 0.105. The molecule has 2 aromatic carbocycles. The predicted molar refractivity (Wildman–Crippen MR) is 114 cm³/mol. The summed E-state index contributed by atoms with van der Waals surface area (Å²) in [6.07, 6.45) is 2.39. The first-order valence-corrected chi connectivity index (χ1v) is 10.1. The molecule has 0 radical (unpaired) electrons. The number of hydrogen-bond donors (Lipinski definition) is 1. The molecule has 4 rings (SSSR count). The first-order chi connectivity index (χ1) is 14.7.